The third-order valence-corrected chi connectivity index (χ3v) is 7.61. The Morgan fingerprint density at radius 2 is 1.88 bits per heavy atom. The summed E-state index contributed by atoms with van der Waals surface area (Å²) < 4.78 is 27.1. The molecule has 136 valence electrons. The highest BCUT2D eigenvalue weighted by Crippen LogP contribution is 2.23. The van der Waals surface area contributed by atoms with Gasteiger partial charge in [-0.3, -0.25) is 4.79 Å². The van der Waals surface area contributed by atoms with Gasteiger partial charge < -0.3 is 5.32 Å². The van der Waals surface area contributed by atoms with Crippen molar-refractivity contribution in [2.45, 2.75) is 30.0 Å². The minimum absolute atomic E-state index is 0.155. The number of hydrogen-bond acceptors (Lipinski definition) is 6. The van der Waals surface area contributed by atoms with E-state index in [1.807, 2.05) is 12.3 Å². The van der Waals surface area contributed by atoms with Crippen LogP contribution in [0.3, 0.4) is 0 Å². The number of carbonyl (C=O) groups is 1. The lowest BCUT2D eigenvalue weighted by Crippen LogP contribution is -2.30. The van der Waals surface area contributed by atoms with Gasteiger partial charge in [-0.15, -0.1) is 11.3 Å². The Hall–Kier alpha value is -1.42. The molecule has 1 heterocycles. The van der Waals surface area contributed by atoms with Gasteiger partial charge in [0.25, 0.3) is 0 Å². The fraction of sp³-hybridized carbons (Fsp3) is 0.375. The minimum Gasteiger partial charge on any atom is -0.325 e. The highest BCUT2D eigenvalue weighted by Gasteiger charge is 2.21. The standard InChI is InChI=1S/C16H21N3O3S3/c1-4-19(5-2)25(21,22)14-8-6-13(7-9-14)18-15(20)11-24-16-17-12(3)10-23-16/h6-10H,4-5,11H2,1-3H3,(H,18,20). The quantitative estimate of drug-likeness (QED) is 0.690. The van der Waals surface area contributed by atoms with E-state index in [4.69, 9.17) is 0 Å². The van der Waals surface area contributed by atoms with Crippen LogP contribution in [-0.2, 0) is 14.8 Å². The van der Waals surface area contributed by atoms with Gasteiger partial charge in [-0.1, -0.05) is 25.6 Å². The van der Waals surface area contributed by atoms with Gasteiger partial charge in [-0.25, -0.2) is 13.4 Å². The summed E-state index contributed by atoms with van der Waals surface area (Å²) in [5, 5.41) is 4.70. The summed E-state index contributed by atoms with van der Waals surface area (Å²) in [5.41, 5.74) is 1.51. The summed E-state index contributed by atoms with van der Waals surface area (Å²) in [7, 11) is -3.48. The maximum absolute atomic E-state index is 12.4. The van der Waals surface area contributed by atoms with Crippen molar-refractivity contribution >= 4 is 44.7 Å². The van der Waals surface area contributed by atoms with Crippen LogP contribution in [0.1, 0.15) is 19.5 Å². The number of thiazole rings is 1. The first-order valence-corrected chi connectivity index (χ1v) is 11.1. The number of hydrogen-bond donors (Lipinski definition) is 1. The zero-order chi connectivity index (χ0) is 18.4. The van der Waals surface area contributed by atoms with Crippen molar-refractivity contribution < 1.29 is 13.2 Å². The number of rotatable bonds is 8. The zero-order valence-electron chi connectivity index (χ0n) is 14.4. The number of aryl methyl sites for hydroxylation is 1. The first kappa shape index (κ1) is 19.9. The highest BCUT2D eigenvalue weighted by molar-refractivity contribution is 8.01. The summed E-state index contributed by atoms with van der Waals surface area (Å²) in [5.74, 6) is 0.101. The lowest BCUT2D eigenvalue weighted by Gasteiger charge is -2.18. The van der Waals surface area contributed by atoms with Gasteiger partial charge in [-0.05, 0) is 31.2 Å². The maximum atomic E-state index is 12.4. The van der Waals surface area contributed by atoms with Crippen LogP contribution in [0.25, 0.3) is 0 Å². The van der Waals surface area contributed by atoms with Crippen LogP contribution in [0, 0.1) is 6.92 Å². The van der Waals surface area contributed by atoms with Crippen LogP contribution < -0.4 is 5.32 Å². The second-order valence-corrected chi connectivity index (χ2v) is 9.22. The number of thioether (sulfide) groups is 1. The topological polar surface area (TPSA) is 79.4 Å². The summed E-state index contributed by atoms with van der Waals surface area (Å²) >= 11 is 2.89. The molecule has 0 spiro atoms. The minimum atomic E-state index is -3.48. The molecule has 2 rings (SSSR count). The van der Waals surface area contributed by atoms with Gasteiger partial charge in [0.2, 0.25) is 15.9 Å². The third kappa shape index (κ3) is 5.27. The molecule has 0 radical (unpaired) electrons. The largest absolute Gasteiger partial charge is 0.325 e. The lowest BCUT2D eigenvalue weighted by molar-refractivity contribution is -0.113. The van der Waals surface area contributed by atoms with E-state index in [1.54, 1.807) is 26.0 Å². The average molecular weight is 400 g/mol. The number of anilines is 1. The second kappa shape index (κ2) is 8.79. The number of benzene rings is 1. The third-order valence-electron chi connectivity index (χ3n) is 3.41. The van der Waals surface area contributed by atoms with Gasteiger partial charge in [-0.2, -0.15) is 4.31 Å². The summed E-state index contributed by atoms with van der Waals surface area (Å²) in [6, 6.07) is 6.24. The van der Waals surface area contributed by atoms with Gasteiger partial charge in [0.15, 0.2) is 4.34 Å². The Balaban J connectivity index is 1.96. The molecule has 6 nitrogen and oxygen atoms in total. The molecule has 25 heavy (non-hydrogen) atoms. The molecule has 1 N–H and O–H groups in total. The molecule has 0 saturated carbocycles. The van der Waals surface area contributed by atoms with Crippen molar-refractivity contribution in [2.24, 2.45) is 0 Å². The number of sulfonamides is 1. The fourth-order valence-corrected chi connectivity index (χ4v) is 5.25. The van der Waals surface area contributed by atoms with E-state index < -0.39 is 10.0 Å². The van der Waals surface area contributed by atoms with E-state index in [0.717, 1.165) is 10.0 Å². The molecule has 0 aliphatic rings. The second-order valence-electron chi connectivity index (χ2n) is 5.21. The predicted molar refractivity (Wildman–Crippen MR) is 103 cm³/mol. The Morgan fingerprint density at radius 3 is 2.40 bits per heavy atom. The van der Waals surface area contributed by atoms with Gasteiger partial charge in [0.05, 0.1) is 10.6 Å². The predicted octanol–water partition coefficient (Wildman–Crippen LogP) is 3.21. The molecule has 0 bridgehead atoms. The van der Waals surface area contributed by atoms with E-state index in [1.165, 1.54) is 39.5 Å². The van der Waals surface area contributed by atoms with Crippen molar-refractivity contribution in [1.82, 2.24) is 9.29 Å². The van der Waals surface area contributed by atoms with Gasteiger partial charge in [0.1, 0.15) is 0 Å². The smallest absolute Gasteiger partial charge is 0.243 e. The van der Waals surface area contributed by atoms with Crippen LogP contribution in [0.15, 0.2) is 38.9 Å². The molecule has 0 unspecified atom stereocenters. The fourth-order valence-electron chi connectivity index (χ4n) is 2.15. The normalized spacial score (nSPS) is 11.7. The Labute approximate surface area is 156 Å². The molecule has 0 aliphatic heterocycles. The number of amides is 1. The lowest BCUT2D eigenvalue weighted by atomic mass is 10.3. The van der Waals surface area contributed by atoms with E-state index in [2.05, 4.69) is 10.3 Å². The van der Waals surface area contributed by atoms with Crippen LogP contribution in [0.5, 0.6) is 0 Å². The van der Waals surface area contributed by atoms with Crippen molar-refractivity contribution in [2.75, 3.05) is 24.2 Å². The molecule has 0 saturated heterocycles. The molecule has 2 aromatic rings. The van der Waals surface area contributed by atoms with Crippen molar-refractivity contribution in [1.29, 1.82) is 0 Å². The Bertz CT molecular complexity index is 813. The molecule has 0 aliphatic carbocycles. The van der Waals surface area contributed by atoms with E-state index in [-0.39, 0.29) is 16.6 Å². The van der Waals surface area contributed by atoms with Crippen LogP contribution in [0.4, 0.5) is 5.69 Å². The Morgan fingerprint density at radius 1 is 1.24 bits per heavy atom. The average Bonchev–Trinajstić information content (AvgIpc) is 3.00. The highest BCUT2D eigenvalue weighted by atomic mass is 32.2. The van der Waals surface area contributed by atoms with Gasteiger partial charge in [0, 0.05) is 29.9 Å². The molecule has 1 aromatic carbocycles. The van der Waals surface area contributed by atoms with E-state index in [0.29, 0.717) is 18.8 Å². The molecule has 0 fully saturated rings. The van der Waals surface area contributed by atoms with Gasteiger partial charge >= 0.3 is 0 Å². The molecular formula is C16H21N3O3S3. The number of nitrogens with zero attached hydrogens (tertiary/aromatic N) is 2. The van der Waals surface area contributed by atoms with Crippen molar-refractivity contribution in [3.05, 3.63) is 35.3 Å². The molecule has 1 aromatic heterocycles. The van der Waals surface area contributed by atoms with Crippen LogP contribution in [0.2, 0.25) is 0 Å². The molecule has 1 amide bonds. The summed E-state index contributed by atoms with van der Waals surface area (Å²) in [6.07, 6.45) is 0. The van der Waals surface area contributed by atoms with Crippen molar-refractivity contribution in [3.8, 4) is 0 Å². The number of nitrogens with one attached hydrogen (secondary N) is 1. The summed E-state index contributed by atoms with van der Waals surface area (Å²) in [4.78, 5) is 16.5. The zero-order valence-corrected chi connectivity index (χ0v) is 16.8. The van der Waals surface area contributed by atoms with E-state index in [9.17, 15) is 13.2 Å². The first-order valence-electron chi connectivity index (χ1n) is 7.81. The Kier molecular flexibility index (Phi) is 7.00. The maximum Gasteiger partial charge on any atom is 0.243 e. The van der Waals surface area contributed by atoms with Crippen molar-refractivity contribution in [3.63, 3.8) is 0 Å². The molecular weight excluding hydrogens is 378 g/mol. The van der Waals surface area contributed by atoms with Crippen LogP contribution >= 0.6 is 23.1 Å². The number of aromatic nitrogens is 1. The molecule has 9 heteroatoms. The number of carbonyl (C=O) groups excluding carboxylic acids is 1. The van der Waals surface area contributed by atoms with Crippen LogP contribution in [-0.4, -0.2) is 42.5 Å². The SMILES string of the molecule is CCN(CC)S(=O)(=O)c1ccc(NC(=O)CSc2nc(C)cs2)cc1. The first-order chi connectivity index (χ1) is 11.9. The monoisotopic (exact) mass is 399 g/mol. The summed E-state index contributed by atoms with van der Waals surface area (Å²) in [6.45, 7) is 6.36. The van der Waals surface area contributed by atoms with E-state index >= 15 is 0 Å². The molecule has 0 atom stereocenters.